The SMILES string of the molecule is CC(C)CCOC(=O)c1ccccc1S. The van der Waals surface area contributed by atoms with Gasteiger partial charge in [0.25, 0.3) is 0 Å². The predicted molar refractivity (Wildman–Crippen MR) is 63.4 cm³/mol. The molecule has 1 aromatic carbocycles. The zero-order valence-corrected chi connectivity index (χ0v) is 9.96. The summed E-state index contributed by atoms with van der Waals surface area (Å²) in [6, 6.07) is 7.15. The number of esters is 1. The van der Waals surface area contributed by atoms with Crippen LogP contribution in [0, 0.1) is 5.92 Å². The van der Waals surface area contributed by atoms with Gasteiger partial charge < -0.3 is 4.74 Å². The summed E-state index contributed by atoms with van der Waals surface area (Å²) in [6.45, 7) is 4.67. The van der Waals surface area contributed by atoms with Gasteiger partial charge in [0.15, 0.2) is 0 Å². The smallest absolute Gasteiger partial charge is 0.339 e. The van der Waals surface area contributed by atoms with Gasteiger partial charge in [-0.15, -0.1) is 12.6 Å². The number of thiol groups is 1. The molecule has 0 amide bonds. The highest BCUT2D eigenvalue weighted by Crippen LogP contribution is 2.14. The van der Waals surface area contributed by atoms with Crippen LogP contribution in [-0.4, -0.2) is 12.6 Å². The lowest BCUT2D eigenvalue weighted by Gasteiger charge is -2.07. The quantitative estimate of drug-likeness (QED) is 0.628. The van der Waals surface area contributed by atoms with Gasteiger partial charge in [0.2, 0.25) is 0 Å². The summed E-state index contributed by atoms with van der Waals surface area (Å²) in [7, 11) is 0. The van der Waals surface area contributed by atoms with Crippen LogP contribution >= 0.6 is 12.6 Å². The lowest BCUT2D eigenvalue weighted by Crippen LogP contribution is -2.08. The van der Waals surface area contributed by atoms with Crippen molar-refractivity contribution in [3.63, 3.8) is 0 Å². The summed E-state index contributed by atoms with van der Waals surface area (Å²) in [5.74, 6) is 0.255. The maximum absolute atomic E-state index is 11.6. The Bertz CT molecular complexity index is 334. The molecule has 0 saturated carbocycles. The Balaban J connectivity index is 2.51. The Morgan fingerprint density at radius 2 is 2.07 bits per heavy atom. The first-order valence-corrected chi connectivity index (χ1v) is 5.51. The van der Waals surface area contributed by atoms with E-state index in [0.29, 0.717) is 23.0 Å². The Morgan fingerprint density at radius 3 is 2.67 bits per heavy atom. The van der Waals surface area contributed by atoms with Crippen LogP contribution in [0.25, 0.3) is 0 Å². The number of hydrogen-bond donors (Lipinski definition) is 1. The van der Waals surface area contributed by atoms with Crippen molar-refractivity contribution in [1.29, 1.82) is 0 Å². The maximum atomic E-state index is 11.6. The zero-order chi connectivity index (χ0) is 11.3. The molecule has 0 saturated heterocycles. The van der Waals surface area contributed by atoms with Crippen LogP contribution in [0.5, 0.6) is 0 Å². The summed E-state index contributed by atoms with van der Waals surface area (Å²) in [5, 5.41) is 0. The maximum Gasteiger partial charge on any atom is 0.339 e. The van der Waals surface area contributed by atoms with Crippen molar-refractivity contribution in [1.82, 2.24) is 0 Å². The standard InChI is InChI=1S/C12H16O2S/c1-9(2)7-8-14-12(13)10-5-3-4-6-11(10)15/h3-6,9,15H,7-8H2,1-2H3. The minimum Gasteiger partial charge on any atom is -0.462 e. The van der Waals surface area contributed by atoms with E-state index in [4.69, 9.17) is 4.74 Å². The highest BCUT2D eigenvalue weighted by atomic mass is 32.1. The minimum atomic E-state index is -0.291. The minimum absolute atomic E-state index is 0.291. The molecule has 0 spiro atoms. The summed E-state index contributed by atoms with van der Waals surface area (Å²) in [5.41, 5.74) is 0.532. The van der Waals surface area contributed by atoms with Gasteiger partial charge in [0, 0.05) is 4.90 Å². The van der Waals surface area contributed by atoms with Crippen molar-refractivity contribution in [2.45, 2.75) is 25.2 Å². The molecule has 82 valence electrons. The number of carbonyl (C=O) groups is 1. The molecular weight excluding hydrogens is 208 g/mol. The lowest BCUT2D eigenvalue weighted by molar-refractivity contribution is 0.0484. The third-order valence-electron chi connectivity index (χ3n) is 2.05. The highest BCUT2D eigenvalue weighted by molar-refractivity contribution is 7.80. The summed E-state index contributed by atoms with van der Waals surface area (Å²) in [6.07, 6.45) is 0.889. The van der Waals surface area contributed by atoms with Gasteiger partial charge in [-0.1, -0.05) is 26.0 Å². The molecule has 15 heavy (non-hydrogen) atoms. The van der Waals surface area contributed by atoms with Crippen molar-refractivity contribution >= 4 is 18.6 Å². The van der Waals surface area contributed by atoms with Crippen LogP contribution in [0.3, 0.4) is 0 Å². The molecule has 0 aliphatic carbocycles. The van der Waals surface area contributed by atoms with Gasteiger partial charge in [0.05, 0.1) is 12.2 Å². The second-order valence-corrected chi connectivity index (χ2v) is 4.32. The Morgan fingerprint density at radius 1 is 1.40 bits per heavy atom. The lowest BCUT2D eigenvalue weighted by atomic mass is 10.1. The molecule has 0 heterocycles. The molecule has 1 aromatic rings. The molecule has 0 aliphatic rings. The predicted octanol–water partition coefficient (Wildman–Crippen LogP) is 3.18. The number of rotatable bonds is 4. The molecule has 0 bridgehead atoms. The molecule has 2 nitrogen and oxygen atoms in total. The number of hydrogen-bond acceptors (Lipinski definition) is 3. The fraction of sp³-hybridized carbons (Fsp3) is 0.417. The summed E-state index contributed by atoms with van der Waals surface area (Å²) < 4.78 is 5.13. The molecule has 1 rings (SSSR count). The van der Waals surface area contributed by atoms with E-state index < -0.39 is 0 Å². The van der Waals surface area contributed by atoms with Crippen LogP contribution in [0.1, 0.15) is 30.6 Å². The van der Waals surface area contributed by atoms with Gasteiger partial charge >= 0.3 is 5.97 Å². The normalized spacial score (nSPS) is 10.4. The first-order valence-electron chi connectivity index (χ1n) is 5.06. The fourth-order valence-electron chi connectivity index (χ4n) is 1.11. The van der Waals surface area contributed by atoms with Gasteiger partial charge in [0.1, 0.15) is 0 Å². The Kier molecular flexibility index (Phi) is 4.69. The fourth-order valence-corrected chi connectivity index (χ4v) is 1.36. The number of benzene rings is 1. The van der Waals surface area contributed by atoms with Crippen LogP contribution in [0.15, 0.2) is 29.2 Å². The first-order chi connectivity index (χ1) is 7.11. The van der Waals surface area contributed by atoms with Crippen LogP contribution < -0.4 is 0 Å². The van der Waals surface area contributed by atoms with E-state index in [9.17, 15) is 4.79 Å². The molecule has 3 heteroatoms. The third kappa shape index (κ3) is 3.96. The molecule has 0 unspecified atom stereocenters. The van der Waals surface area contributed by atoms with E-state index in [1.165, 1.54) is 0 Å². The molecule has 0 aromatic heterocycles. The van der Waals surface area contributed by atoms with E-state index in [-0.39, 0.29) is 5.97 Å². The monoisotopic (exact) mass is 224 g/mol. The van der Waals surface area contributed by atoms with E-state index >= 15 is 0 Å². The van der Waals surface area contributed by atoms with E-state index in [2.05, 4.69) is 26.5 Å². The van der Waals surface area contributed by atoms with E-state index in [0.717, 1.165) is 6.42 Å². The molecule has 0 fully saturated rings. The second-order valence-electron chi connectivity index (χ2n) is 3.84. The van der Waals surface area contributed by atoms with Crippen LogP contribution in [-0.2, 0) is 4.74 Å². The largest absolute Gasteiger partial charge is 0.462 e. The molecule has 0 aliphatic heterocycles. The Hall–Kier alpha value is -0.960. The molecular formula is C12H16O2S. The van der Waals surface area contributed by atoms with Crippen LogP contribution in [0.4, 0.5) is 0 Å². The second kappa shape index (κ2) is 5.81. The Labute approximate surface area is 96.1 Å². The number of carbonyl (C=O) groups excluding carboxylic acids is 1. The highest BCUT2D eigenvalue weighted by Gasteiger charge is 2.09. The average molecular weight is 224 g/mol. The van der Waals surface area contributed by atoms with Gasteiger partial charge in [-0.25, -0.2) is 4.79 Å². The number of ether oxygens (including phenoxy) is 1. The van der Waals surface area contributed by atoms with Crippen LogP contribution in [0.2, 0.25) is 0 Å². The van der Waals surface area contributed by atoms with Crippen molar-refractivity contribution in [2.24, 2.45) is 5.92 Å². The van der Waals surface area contributed by atoms with E-state index in [1.807, 2.05) is 6.07 Å². The molecule has 0 atom stereocenters. The first kappa shape index (κ1) is 12.1. The van der Waals surface area contributed by atoms with Gasteiger partial charge in [-0.05, 0) is 24.5 Å². The van der Waals surface area contributed by atoms with Crippen molar-refractivity contribution in [3.05, 3.63) is 29.8 Å². The van der Waals surface area contributed by atoms with Crippen molar-refractivity contribution in [2.75, 3.05) is 6.61 Å². The van der Waals surface area contributed by atoms with Gasteiger partial charge in [-0.3, -0.25) is 0 Å². The zero-order valence-electron chi connectivity index (χ0n) is 9.06. The van der Waals surface area contributed by atoms with Gasteiger partial charge in [-0.2, -0.15) is 0 Å². The summed E-state index contributed by atoms with van der Waals surface area (Å²) in [4.78, 5) is 12.2. The van der Waals surface area contributed by atoms with Crippen molar-refractivity contribution in [3.8, 4) is 0 Å². The van der Waals surface area contributed by atoms with E-state index in [1.54, 1.807) is 18.2 Å². The average Bonchev–Trinajstić information content (AvgIpc) is 2.17. The van der Waals surface area contributed by atoms with Crippen molar-refractivity contribution < 1.29 is 9.53 Å². The molecule has 0 radical (unpaired) electrons. The third-order valence-corrected chi connectivity index (χ3v) is 2.44. The molecule has 0 N–H and O–H groups in total. The topological polar surface area (TPSA) is 26.3 Å². The summed E-state index contributed by atoms with van der Waals surface area (Å²) >= 11 is 4.20.